The van der Waals surface area contributed by atoms with Crippen LogP contribution in [0, 0.1) is 28.6 Å². The van der Waals surface area contributed by atoms with E-state index in [9.17, 15) is 10.2 Å². The molecule has 0 amide bonds. The quantitative estimate of drug-likeness (QED) is 0.727. The first kappa shape index (κ1) is 17.6. The van der Waals surface area contributed by atoms with Gasteiger partial charge in [-0.05, 0) is 84.3 Å². The highest BCUT2D eigenvalue weighted by Crippen LogP contribution is 2.66. The second-order valence-electron chi connectivity index (χ2n) is 9.84. The van der Waals surface area contributed by atoms with Crippen LogP contribution >= 0.6 is 0 Å². The van der Waals surface area contributed by atoms with Crippen LogP contribution in [0.3, 0.4) is 0 Å². The molecule has 0 aliphatic heterocycles. The third kappa shape index (κ3) is 2.44. The van der Waals surface area contributed by atoms with Gasteiger partial charge in [-0.15, -0.1) is 0 Å². The standard InChI is InChI=1S/C24H31NO2/c1-23-9-7-17(26)12-16(23)13-21(27)22-19-6-5-18(15-4-3-11-25-14-15)24(19,2)10-8-20(22)23/h3-5,11,13-14,17,19-22,26-27H,6-10,12H2,1-2H3/t17-,19+,20+,21-,22+,23+,24-/m1/s1. The Bertz CT molecular complexity index is 800. The van der Waals surface area contributed by atoms with E-state index in [1.54, 1.807) is 0 Å². The molecule has 0 saturated heterocycles. The van der Waals surface area contributed by atoms with Gasteiger partial charge in [-0.25, -0.2) is 0 Å². The average Bonchev–Trinajstić information content (AvgIpc) is 3.01. The molecule has 3 heteroatoms. The van der Waals surface area contributed by atoms with Crippen molar-refractivity contribution in [3.05, 3.63) is 47.8 Å². The lowest BCUT2D eigenvalue weighted by atomic mass is 9.46. The monoisotopic (exact) mass is 365 g/mol. The van der Waals surface area contributed by atoms with E-state index in [0.717, 1.165) is 32.1 Å². The Labute approximate surface area is 162 Å². The summed E-state index contributed by atoms with van der Waals surface area (Å²) < 4.78 is 0. The maximum atomic E-state index is 11.2. The fourth-order valence-corrected chi connectivity index (χ4v) is 7.17. The van der Waals surface area contributed by atoms with Gasteiger partial charge in [-0.2, -0.15) is 0 Å². The van der Waals surface area contributed by atoms with Gasteiger partial charge in [-0.1, -0.05) is 37.6 Å². The third-order valence-electron chi connectivity index (χ3n) is 8.66. The van der Waals surface area contributed by atoms with Crippen molar-refractivity contribution < 1.29 is 10.2 Å². The molecule has 5 rings (SSSR count). The Kier molecular flexibility index (Phi) is 3.93. The minimum Gasteiger partial charge on any atom is -0.393 e. The molecule has 0 radical (unpaired) electrons. The summed E-state index contributed by atoms with van der Waals surface area (Å²) in [5.41, 5.74) is 4.28. The van der Waals surface area contributed by atoms with Crippen LogP contribution in [0.1, 0.15) is 57.9 Å². The predicted octanol–water partition coefficient (Wildman–Crippen LogP) is 4.37. The number of rotatable bonds is 1. The molecule has 0 unspecified atom stereocenters. The van der Waals surface area contributed by atoms with Crippen LogP contribution in [-0.2, 0) is 0 Å². The van der Waals surface area contributed by atoms with Gasteiger partial charge in [0.15, 0.2) is 0 Å². The molecule has 1 heterocycles. The first-order chi connectivity index (χ1) is 12.9. The van der Waals surface area contributed by atoms with E-state index in [-0.39, 0.29) is 23.0 Å². The molecule has 1 aromatic heterocycles. The van der Waals surface area contributed by atoms with Crippen molar-refractivity contribution in [3.63, 3.8) is 0 Å². The lowest BCUT2D eigenvalue weighted by molar-refractivity contribution is -0.0731. The molecule has 144 valence electrons. The molecule has 27 heavy (non-hydrogen) atoms. The number of hydrogen-bond acceptors (Lipinski definition) is 3. The van der Waals surface area contributed by atoms with Crippen LogP contribution in [0.2, 0.25) is 0 Å². The Hall–Kier alpha value is -1.45. The van der Waals surface area contributed by atoms with Gasteiger partial charge in [0.1, 0.15) is 0 Å². The summed E-state index contributed by atoms with van der Waals surface area (Å²) in [7, 11) is 0. The molecular formula is C24H31NO2. The minimum absolute atomic E-state index is 0.126. The van der Waals surface area contributed by atoms with Crippen molar-refractivity contribution in [1.82, 2.24) is 4.98 Å². The van der Waals surface area contributed by atoms with E-state index in [4.69, 9.17) is 0 Å². The lowest BCUT2D eigenvalue weighted by Gasteiger charge is -2.58. The van der Waals surface area contributed by atoms with Gasteiger partial charge in [0.05, 0.1) is 12.2 Å². The molecule has 2 N–H and O–H groups in total. The van der Waals surface area contributed by atoms with Crippen LogP contribution in [0.5, 0.6) is 0 Å². The van der Waals surface area contributed by atoms with Crippen molar-refractivity contribution >= 4 is 5.57 Å². The van der Waals surface area contributed by atoms with Gasteiger partial charge < -0.3 is 10.2 Å². The number of pyridine rings is 1. The van der Waals surface area contributed by atoms with Gasteiger partial charge in [-0.3, -0.25) is 4.98 Å². The molecule has 3 nitrogen and oxygen atoms in total. The molecule has 1 aromatic rings. The molecular weight excluding hydrogens is 334 g/mol. The van der Waals surface area contributed by atoms with E-state index in [2.05, 4.69) is 37.0 Å². The highest BCUT2D eigenvalue weighted by Gasteiger charge is 2.59. The van der Waals surface area contributed by atoms with Gasteiger partial charge in [0, 0.05) is 12.4 Å². The SMILES string of the molecule is C[C@]12CC[C@@H](O)CC1=C[C@@H](O)[C@@H]1[C@@H]2CC[C@]2(C)C(c3cccnc3)=CC[C@@H]12. The maximum Gasteiger partial charge on any atom is 0.0757 e. The Morgan fingerprint density at radius 1 is 1.07 bits per heavy atom. The van der Waals surface area contributed by atoms with E-state index in [1.165, 1.54) is 23.1 Å². The zero-order chi connectivity index (χ0) is 18.8. The fraction of sp³-hybridized carbons (Fsp3) is 0.625. The number of aliphatic hydroxyl groups excluding tert-OH is 2. The predicted molar refractivity (Wildman–Crippen MR) is 107 cm³/mol. The van der Waals surface area contributed by atoms with Crippen LogP contribution in [0.15, 0.2) is 42.3 Å². The number of nitrogens with zero attached hydrogens (tertiary/aromatic N) is 1. The maximum absolute atomic E-state index is 11.2. The molecule has 0 spiro atoms. The minimum atomic E-state index is -0.380. The highest BCUT2D eigenvalue weighted by molar-refractivity contribution is 5.72. The molecule has 2 fully saturated rings. The van der Waals surface area contributed by atoms with Crippen molar-refractivity contribution in [2.45, 2.75) is 64.6 Å². The normalized spacial score (nSPS) is 46.0. The number of allylic oxidation sites excluding steroid dienone is 2. The first-order valence-electron chi connectivity index (χ1n) is 10.6. The van der Waals surface area contributed by atoms with Gasteiger partial charge in [0.25, 0.3) is 0 Å². The number of hydrogen-bond donors (Lipinski definition) is 2. The summed E-state index contributed by atoms with van der Waals surface area (Å²) in [4.78, 5) is 4.34. The van der Waals surface area contributed by atoms with Crippen molar-refractivity contribution in [3.8, 4) is 0 Å². The van der Waals surface area contributed by atoms with Gasteiger partial charge in [0.2, 0.25) is 0 Å². The smallest absolute Gasteiger partial charge is 0.0757 e. The van der Waals surface area contributed by atoms with Crippen LogP contribution < -0.4 is 0 Å². The number of aromatic nitrogens is 1. The summed E-state index contributed by atoms with van der Waals surface area (Å²) in [6.45, 7) is 4.82. The zero-order valence-electron chi connectivity index (χ0n) is 16.4. The second kappa shape index (κ2) is 6.02. The first-order valence-corrected chi connectivity index (χ1v) is 10.6. The van der Waals surface area contributed by atoms with Crippen molar-refractivity contribution in [2.24, 2.45) is 28.6 Å². The van der Waals surface area contributed by atoms with Crippen LogP contribution in [0.25, 0.3) is 5.57 Å². The molecule has 2 saturated carbocycles. The van der Waals surface area contributed by atoms with Crippen molar-refractivity contribution in [1.29, 1.82) is 0 Å². The molecule has 4 aliphatic carbocycles. The fourth-order valence-electron chi connectivity index (χ4n) is 7.17. The van der Waals surface area contributed by atoms with Gasteiger partial charge >= 0.3 is 0 Å². The zero-order valence-corrected chi connectivity index (χ0v) is 16.4. The summed E-state index contributed by atoms with van der Waals surface area (Å²) in [5, 5.41) is 21.3. The topological polar surface area (TPSA) is 53.4 Å². The highest BCUT2D eigenvalue weighted by atomic mass is 16.3. The van der Waals surface area contributed by atoms with E-state index < -0.39 is 0 Å². The third-order valence-corrected chi connectivity index (χ3v) is 8.66. The average molecular weight is 366 g/mol. The second-order valence-corrected chi connectivity index (χ2v) is 9.84. The molecule has 7 atom stereocenters. The largest absolute Gasteiger partial charge is 0.393 e. The summed E-state index contributed by atoms with van der Waals surface area (Å²) in [6.07, 6.45) is 13.9. The van der Waals surface area contributed by atoms with E-state index >= 15 is 0 Å². The summed E-state index contributed by atoms with van der Waals surface area (Å²) in [6, 6.07) is 4.20. The van der Waals surface area contributed by atoms with Crippen LogP contribution in [0.4, 0.5) is 0 Å². The Morgan fingerprint density at radius 2 is 1.89 bits per heavy atom. The molecule has 0 aromatic carbocycles. The Morgan fingerprint density at radius 3 is 2.67 bits per heavy atom. The van der Waals surface area contributed by atoms with E-state index in [0.29, 0.717) is 17.8 Å². The van der Waals surface area contributed by atoms with Crippen molar-refractivity contribution in [2.75, 3.05) is 0 Å². The summed E-state index contributed by atoms with van der Waals surface area (Å²) in [5.74, 6) is 1.33. The Balaban J connectivity index is 1.52. The summed E-state index contributed by atoms with van der Waals surface area (Å²) >= 11 is 0. The molecule has 0 bridgehead atoms. The number of aliphatic hydroxyl groups is 2. The van der Waals surface area contributed by atoms with Crippen LogP contribution in [-0.4, -0.2) is 27.4 Å². The van der Waals surface area contributed by atoms with E-state index in [1.807, 2.05) is 18.5 Å². The lowest BCUT2D eigenvalue weighted by Crippen LogP contribution is -2.54. The molecule has 4 aliphatic rings. The number of fused-ring (bicyclic) bond motifs is 5.